The Morgan fingerprint density at radius 1 is 1.14 bits per heavy atom. The van der Waals surface area contributed by atoms with Crippen molar-refractivity contribution in [3.63, 3.8) is 0 Å². The van der Waals surface area contributed by atoms with E-state index in [0.29, 0.717) is 47.1 Å². The maximum atomic E-state index is 13.9. The molecular formula is C28H28N4O3S2. The summed E-state index contributed by atoms with van der Waals surface area (Å²) in [5.41, 5.74) is 3.52. The normalized spacial score (nSPS) is 13.0. The van der Waals surface area contributed by atoms with E-state index in [0.717, 1.165) is 21.7 Å². The molecular weight excluding hydrogens is 504 g/mol. The van der Waals surface area contributed by atoms with Crippen LogP contribution in [0, 0.1) is 6.92 Å². The second kappa shape index (κ2) is 10.5. The van der Waals surface area contributed by atoms with E-state index in [1.165, 1.54) is 23.1 Å². The first-order valence-electron chi connectivity index (χ1n) is 12.3. The van der Waals surface area contributed by atoms with E-state index < -0.39 is 0 Å². The van der Waals surface area contributed by atoms with Gasteiger partial charge in [-0.1, -0.05) is 42.1 Å². The van der Waals surface area contributed by atoms with Crippen molar-refractivity contribution in [1.82, 2.24) is 14.5 Å². The van der Waals surface area contributed by atoms with Gasteiger partial charge in [0, 0.05) is 30.6 Å². The van der Waals surface area contributed by atoms with Crippen molar-refractivity contribution in [3.8, 4) is 5.69 Å². The molecule has 4 aromatic rings. The molecule has 0 atom stereocenters. The Labute approximate surface area is 223 Å². The van der Waals surface area contributed by atoms with Crippen LogP contribution in [-0.4, -0.2) is 45.1 Å². The highest BCUT2D eigenvalue weighted by molar-refractivity contribution is 7.99. The van der Waals surface area contributed by atoms with Gasteiger partial charge in [0.2, 0.25) is 11.8 Å². The molecule has 2 aromatic heterocycles. The quantitative estimate of drug-likeness (QED) is 0.263. The van der Waals surface area contributed by atoms with Crippen molar-refractivity contribution >= 4 is 50.8 Å². The molecule has 3 heterocycles. The predicted octanol–water partition coefficient (Wildman–Crippen LogP) is 4.81. The molecule has 0 saturated carbocycles. The van der Waals surface area contributed by atoms with Crippen molar-refractivity contribution in [3.05, 3.63) is 81.0 Å². The lowest BCUT2D eigenvalue weighted by atomic mass is 10.1. The molecule has 0 bridgehead atoms. The SMILES string of the molecule is CCN(C(=O)CSc1nc2sc3c(c2c(=O)n1-c1ccccc1)CCN(C(C)=O)C3)c1cccc(C)c1. The highest BCUT2D eigenvalue weighted by Crippen LogP contribution is 2.34. The van der Waals surface area contributed by atoms with Crippen LogP contribution in [0.3, 0.4) is 0 Å². The van der Waals surface area contributed by atoms with E-state index >= 15 is 0 Å². The van der Waals surface area contributed by atoms with Gasteiger partial charge in [0.15, 0.2) is 5.16 Å². The number of amides is 2. The number of nitrogens with zero attached hydrogens (tertiary/aromatic N) is 4. The maximum Gasteiger partial charge on any atom is 0.267 e. The number of benzene rings is 2. The Kier molecular flexibility index (Phi) is 7.17. The molecule has 2 aromatic carbocycles. The van der Waals surface area contributed by atoms with Gasteiger partial charge in [0.25, 0.3) is 5.56 Å². The number of hydrogen-bond donors (Lipinski definition) is 0. The summed E-state index contributed by atoms with van der Waals surface area (Å²) in [7, 11) is 0. The molecule has 5 rings (SSSR count). The van der Waals surface area contributed by atoms with Crippen LogP contribution in [0.25, 0.3) is 15.9 Å². The number of carbonyl (C=O) groups excluding carboxylic acids is 2. The van der Waals surface area contributed by atoms with Gasteiger partial charge in [-0.3, -0.25) is 19.0 Å². The average molecular weight is 533 g/mol. The van der Waals surface area contributed by atoms with E-state index in [-0.39, 0.29) is 23.1 Å². The van der Waals surface area contributed by atoms with E-state index in [2.05, 4.69) is 0 Å². The summed E-state index contributed by atoms with van der Waals surface area (Å²) >= 11 is 2.75. The zero-order valence-corrected chi connectivity index (χ0v) is 22.7. The summed E-state index contributed by atoms with van der Waals surface area (Å²) in [6.07, 6.45) is 0.632. The molecule has 2 amide bonds. The monoisotopic (exact) mass is 532 g/mol. The fourth-order valence-electron chi connectivity index (χ4n) is 4.70. The number of rotatable bonds is 6. The van der Waals surface area contributed by atoms with Gasteiger partial charge in [-0.05, 0) is 55.7 Å². The number of anilines is 1. The summed E-state index contributed by atoms with van der Waals surface area (Å²) < 4.78 is 1.62. The minimum Gasteiger partial charge on any atom is -0.337 e. The second-order valence-corrected chi connectivity index (χ2v) is 11.0. The van der Waals surface area contributed by atoms with Crippen LogP contribution in [0.15, 0.2) is 64.5 Å². The summed E-state index contributed by atoms with van der Waals surface area (Å²) in [5.74, 6) is 0.131. The molecule has 1 aliphatic heterocycles. The third-order valence-corrected chi connectivity index (χ3v) is 8.59. The number of hydrogen-bond acceptors (Lipinski definition) is 6. The fourth-order valence-corrected chi connectivity index (χ4v) is 6.86. The van der Waals surface area contributed by atoms with E-state index in [1.54, 1.807) is 21.3 Å². The first-order valence-corrected chi connectivity index (χ1v) is 14.1. The first kappa shape index (κ1) is 25.2. The Morgan fingerprint density at radius 3 is 2.62 bits per heavy atom. The zero-order valence-electron chi connectivity index (χ0n) is 21.1. The number of thiophene rings is 1. The molecule has 0 unspecified atom stereocenters. The predicted molar refractivity (Wildman–Crippen MR) is 150 cm³/mol. The van der Waals surface area contributed by atoms with Gasteiger partial charge in [-0.25, -0.2) is 4.98 Å². The second-order valence-electron chi connectivity index (χ2n) is 9.01. The third kappa shape index (κ3) is 4.93. The van der Waals surface area contributed by atoms with Crippen molar-refractivity contribution in [1.29, 1.82) is 0 Å². The van der Waals surface area contributed by atoms with Gasteiger partial charge in [-0.15, -0.1) is 11.3 Å². The molecule has 0 spiro atoms. The molecule has 0 fully saturated rings. The summed E-state index contributed by atoms with van der Waals surface area (Å²) in [6.45, 7) is 7.17. The Hall–Kier alpha value is -3.43. The molecule has 0 saturated heterocycles. The molecule has 0 N–H and O–H groups in total. The smallest absolute Gasteiger partial charge is 0.267 e. The van der Waals surface area contributed by atoms with E-state index in [9.17, 15) is 14.4 Å². The van der Waals surface area contributed by atoms with Crippen LogP contribution < -0.4 is 10.5 Å². The van der Waals surface area contributed by atoms with E-state index in [1.807, 2.05) is 68.4 Å². The summed E-state index contributed by atoms with van der Waals surface area (Å²) in [6, 6.07) is 17.3. The Morgan fingerprint density at radius 2 is 1.92 bits per heavy atom. The van der Waals surface area contributed by atoms with Gasteiger partial charge in [0.05, 0.1) is 23.4 Å². The number of carbonyl (C=O) groups is 2. The Bertz CT molecular complexity index is 1540. The summed E-state index contributed by atoms with van der Waals surface area (Å²) in [4.78, 5) is 49.3. The number of thioether (sulfide) groups is 1. The lowest BCUT2D eigenvalue weighted by Gasteiger charge is -2.25. The van der Waals surface area contributed by atoms with Gasteiger partial charge in [-0.2, -0.15) is 0 Å². The Balaban J connectivity index is 1.54. The molecule has 190 valence electrons. The molecule has 37 heavy (non-hydrogen) atoms. The molecule has 9 heteroatoms. The van der Waals surface area contributed by atoms with Crippen LogP contribution in [-0.2, 0) is 22.6 Å². The van der Waals surface area contributed by atoms with Crippen molar-refractivity contribution in [2.75, 3.05) is 23.7 Å². The minimum absolute atomic E-state index is 0.0293. The first-order chi connectivity index (χ1) is 17.9. The van der Waals surface area contributed by atoms with Crippen molar-refractivity contribution in [2.45, 2.75) is 38.9 Å². The van der Waals surface area contributed by atoms with Crippen molar-refractivity contribution < 1.29 is 9.59 Å². The summed E-state index contributed by atoms with van der Waals surface area (Å²) in [5, 5.41) is 1.11. The van der Waals surface area contributed by atoms with Crippen LogP contribution in [0.4, 0.5) is 5.69 Å². The number of fused-ring (bicyclic) bond motifs is 3. The number of para-hydroxylation sites is 1. The van der Waals surface area contributed by atoms with Gasteiger partial charge >= 0.3 is 0 Å². The van der Waals surface area contributed by atoms with Crippen LogP contribution >= 0.6 is 23.1 Å². The van der Waals surface area contributed by atoms with Crippen LogP contribution in [0.2, 0.25) is 0 Å². The topological polar surface area (TPSA) is 75.5 Å². The molecule has 7 nitrogen and oxygen atoms in total. The highest BCUT2D eigenvalue weighted by Gasteiger charge is 2.27. The minimum atomic E-state index is -0.133. The lowest BCUT2D eigenvalue weighted by molar-refractivity contribution is -0.129. The fraction of sp³-hybridized carbons (Fsp3) is 0.286. The third-order valence-electron chi connectivity index (χ3n) is 6.56. The molecule has 0 aliphatic carbocycles. The van der Waals surface area contributed by atoms with Crippen LogP contribution in [0.5, 0.6) is 0 Å². The number of aryl methyl sites for hydroxylation is 1. The van der Waals surface area contributed by atoms with E-state index in [4.69, 9.17) is 4.98 Å². The highest BCUT2D eigenvalue weighted by atomic mass is 32.2. The average Bonchev–Trinajstić information content (AvgIpc) is 3.26. The largest absolute Gasteiger partial charge is 0.337 e. The standard InChI is InChI=1S/C28H28N4O3S2/c1-4-31(21-12-8-9-18(2)15-21)24(34)17-36-28-29-26-25(27(35)32(28)20-10-6-5-7-11-20)22-13-14-30(19(3)33)16-23(22)37-26/h5-12,15H,4,13-14,16-17H2,1-3H3. The molecule has 1 aliphatic rings. The van der Waals surface area contributed by atoms with Crippen LogP contribution in [0.1, 0.15) is 29.9 Å². The molecule has 0 radical (unpaired) electrons. The number of aromatic nitrogens is 2. The van der Waals surface area contributed by atoms with Gasteiger partial charge in [0.1, 0.15) is 4.83 Å². The van der Waals surface area contributed by atoms with Gasteiger partial charge < -0.3 is 9.80 Å². The maximum absolute atomic E-state index is 13.9. The zero-order chi connectivity index (χ0) is 26.1. The van der Waals surface area contributed by atoms with Crippen molar-refractivity contribution in [2.24, 2.45) is 0 Å². The lowest BCUT2D eigenvalue weighted by Crippen LogP contribution is -2.34.